The van der Waals surface area contributed by atoms with Crippen LogP contribution in [0.5, 0.6) is 5.75 Å². The van der Waals surface area contributed by atoms with Crippen LogP contribution in [0.4, 0.5) is 0 Å². The third kappa shape index (κ3) is 4.69. The fourth-order valence-electron chi connectivity index (χ4n) is 4.67. The van der Waals surface area contributed by atoms with Crippen LogP contribution in [0.2, 0.25) is 0 Å². The van der Waals surface area contributed by atoms with Crippen LogP contribution in [0.1, 0.15) is 45.4 Å². The van der Waals surface area contributed by atoms with E-state index in [1.54, 1.807) is 50.3 Å². The second-order valence-electron chi connectivity index (χ2n) is 8.65. The first kappa shape index (κ1) is 25.0. The molecule has 1 aromatic heterocycles. The summed E-state index contributed by atoms with van der Waals surface area (Å²) in [5.74, 6) is 0.435. The van der Waals surface area contributed by atoms with E-state index in [0.29, 0.717) is 17.9 Å². The van der Waals surface area contributed by atoms with Crippen molar-refractivity contribution >= 4 is 12.0 Å². The molecule has 1 aromatic rings. The van der Waals surface area contributed by atoms with Crippen molar-refractivity contribution in [3.8, 4) is 5.75 Å². The monoisotopic (exact) mass is 460 g/mol. The summed E-state index contributed by atoms with van der Waals surface area (Å²) in [5, 5.41) is 11.0. The summed E-state index contributed by atoms with van der Waals surface area (Å²) >= 11 is 0. The van der Waals surface area contributed by atoms with Crippen molar-refractivity contribution in [2.24, 2.45) is 0 Å². The highest BCUT2D eigenvalue weighted by atomic mass is 16.7. The van der Waals surface area contributed by atoms with Crippen LogP contribution >= 0.6 is 0 Å². The van der Waals surface area contributed by atoms with Crippen LogP contribution in [-0.2, 0) is 19.0 Å². The molecule has 3 rings (SSSR count). The molecule has 180 valence electrons. The van der Waals surface area contributed by atoms with Crippen molar-refractivity contribution in [2.45, 2.75) is 76.7 Å². The van der Waals surface area contributed by atoms with Gasteiger partial charge in [-0.3, -0.25) is 4.79 Å². The fourth-order valence-corrected chi connectivity index (χ4v) is 4.67. The molecule has 2 aliphatic rings. The van der Waals surface area contributed by atoms with Crippen LogP contribution in [0.15, 0.2) is 45.7 Å². The average Bonchev–Trinajstić information content (AvgIpc) is 2.93. The number of aliphatic hydroxyl groups is 1. The van der Waals surface area contributed by atoms with Gasteiger partial charge in [0.25, 0.3) is 0 Å². The van der Waals surface area contributed by atoms with Crippen LogP contribution in [0.3, 0.4) is 0 Å². The van der Waals surface area contributed by atoms with Gasteiger partial charge in [-0.15, -0.1) is 0 Å². The van der Waals surface area contributed by atoms with Gasteiger partial charge in [0, 0.05) is 12.5 Å². The highest BCUT2D eigenvalue weighted by molar-refractivity contribution is 5.66. The van der Waals surface area contributed by atoms with Gasteiger partial charge in [-0.2, -0.15) is 0 Å². The molecule has 0 aliphatic carbocycles. The maximum absolute atomic E-state index is 11.7. The number of hydrogen-bond donors (Lipinski definition) is 1. The lowest BCUT2D eigenvalue weighted by Gasteiger charge is -2.47. The highest BCUT2D eigenvalue weighted by Gasteiger charge is 2.69. The Bertz CT molecular complexity index is 1020. The molecule has 2 bridgehead atoms. The Labute approximate surface area is 193 Å². The molecule has 2 aliphatic heterocycles. The first-order chi connectivity index (χ1) is 15.6. The van der Waals surface area contributed by atoms with Crippen LogP contribution in [0.25, 0.3) is 6.08 Å². The smallest absolute Gasteiger partial charge is 0.339 e. The number of aliphatic hydroxyl groups excluding tert-OH is 1. The van der Waals surface area contributed by atoms with Gasteiger partial charge < -0.3 is 28.5 Å². The molecule has 0 aromatic carbocycles. The lowest BCUT2D eigenvalue weighted by atomic mass is 9.77. The van der Waals surface area contributed by atoms with Crippen LogP contribution in [0, 0.1) is 6.92 Å². The van der Waals surface area contributed by atoms with Gasteiger partial charge in [-0.05, 0) is 33.3 Å². The van der Waals surface area contributed by atoms with Crippen molar-refractivity contribution in [3.63, 3.8) is 0 Å². The number of allylic oxidation sites excluding steroid dienone is 4. The molecule has 1 unspecified atom stereocenters. The summed E-state index contributed by atoms with van der Waals surface area (Å²) < 4.78 is 28.3. The van der Waals surface area contributed by atoms with E-state index < -0.39 is 41.1 Å². The van der Waals surface area contributed by atoms with Gasteiger partial charge >= 0.3 is 11.6 Å². The first-order valence-corrected chi connectivity index (χ1v) is 11.0. The number of methoxy groups -OCH3 is 1. The fraction of sp³-hybridized carbons (Fsp3) is 0.520. The maximum Gasteiger partial charge on any atom is 0.339 e. The van der Waals surface area contributed by atoms with Crippen molar-refractivity contribution in [2.75, 3.05) is 7.11 Å². The zero-order valence-electron chi connectivity index (χ0n) is 19.9. The first-order valence-electron chi connectivity index (χ1n) is 11.0. The Morgan fingerprint density at radius 3 is 2.52 bits per heavy atom. The van der Waals surface area contributed by atoms with Crippen LogP contribution in [-0.4, -0.2) is 53.8 Å². The zero-order valence-corrected chi connectivity index (χ0v) is 19.9. The number of fused-ring (bicyclic) bond motifs is 2. The van der Waals surface area contributed by atoms with E-state index in [9.17, 15) is 14.7 Å². The van der Waals surface area contributed by atoms with E-state index in [1.807, 2.05) is 13.8 Å². The maximum atomic E-state index is 11.7. The number of esters is 1. The summed E-state index contributed by atoms with van der Waals surface area (Å²) in [6, 6.07) is 1.30. The Morgan fingerprint density at radius 2 is 1.88 bits per heavy atom. The van der Waals surface area contributed by atoms with E-state index in [2.05, 4.69) is 0 Å². The Hall–Kier alpha value is -2.68. The summed E-state index contributed by atoms with van der Waals surface area (Å²) in [4.78, 5) is 23.3. The topological polar surface area (TPSA) is 104 Å². The third-order valence-electron chi connectivity index (χ3n) is 6.32. The number of carbonyl (C=O) groups is 1. The molecule has 3 heterocycles. The Kier molecular flexibility index (Phi) is 7.31. The molecule has 0 amide bonds. The molecule has 6 atom stereocenters. The van der Waals surface area contributed by atoms with E-state index in [0.717, 1.165) is 5.56 Å². The molecule has 1 N–H and O–H groups in total. The SMILES string of the molecule is CC[C@H]1O[C@]2(C)C(OC(C)=O)[C@@]1(C)O[C@@H](/C=C/C=C/C=C/c1oc(=O)cc(OC)c1C)[C@@H]2O. The van der Waals surface area contributed by atoms with Gasteiger partial charge in [0.05, 0.1) is 19.3 Å². The standard InChI is InChI=1S/C25H32O8/c1-7-20-24(4)23(30-16(3)26)25(5,33-20)22(28)18(32-24)13-11-9-8-10-12-17-15(2)19(29-6)14-21(27)31-17/h8-14,18,20,22-23,28H,7H2,1-6H3/b9-8+,12-10+,13-11+/t18-,20+,22-,23?,24-,25-/m0/s1. The molecule has 33 heavy (non-hydrogen) atoms. The third-order valence-corrected chi connectivity index (χ3v) is 6.32. The molecule has 8 nitrogen and oxygen atoms in total. The number of rotatable bonds is 7. The van der Waals surface area contributed by atoms with Gasteiger partial charge in [0.1, 0.15) is 34.9 Å². The summed E-state index contributed by atoms with van der Waals surface area (Å²) in [6.07, 6.45) is 8.37. The molecular weight excluding hydrogens is 428 g/mol. The molecule has 0 radical (unpaired) electrons. The lowest BCUT2D eigenvalue weighted by Crippen LogP contribution is -2.65. The molecule has 2 fully saturated rings. The Morgan fingerprint density at radius 1 is 1.18 bits per heavy atom. The molecule has 2 saturated heterocycles. The minimum absolute atomic E-state index is 0.320. The molecule has 0 spiro atoms. The predicted octanol–water partition coefficient (Wildman–Crippen LogP) is 3.10. The van der Waals surface area contributed by atoms with E-state index >= 15 is 0 Å². The highest BCUT2D eigenvalue weighted by Crippen LogP contribution is 2.51. The molecule has 8 heteroatoms. The van der Waals surface area contributed by atoms with Gasteiger partial charge in [-0.25, -0.2) is 4.79 Å². The van der Waals surface area contributed by atoms with Crippen molar-refractivity contribution in [3.05, 3.63) is 58.2 Å². The molecular formula is C25H32O8. The van der Waals surface area contributed by atoms with Crippen molar-refractivity contribution < 1.29 is 33.3 Å². The minimum atomic E-state index is -1.08. The Balaban J connectivity index is 1.73. The normalized spacial score (nSPS) is 33.9. The average molecular weight is 461 g/mol. The number of carbonyl (C=O) groups excluding carboxylic acids is 1. The minimum Gasteiger partial charge on any atom is -0.496 e. The van der Waals surface area contributed by atoms with Gasteiger partial charge in [-0.1, -0.05) is 37.3 Å². The summed E-state index contributed by atoms with van der Waals surface area (Å²) in [7, 11) is 1.50. The van der Waals surface area contributed by atoms with Crippen LogP contribution < -0.4 is 10.4 Å². The van der Waals surface area contributed by atoms with E-state index in [4.69, 9.17) is 23.4 Å². The predicted molar refractivity (Wildman–Crippen MR) is 122 cm³/mol. The largest absolute Gasteiger partial charge is 0.496 e. The zero-order chi connectivity index (χ0) is 24.4. The van der Waals surface area contributed by atoms with E-state index in [-0.39, 0.29) is 6.10 Å². The van der Waals surface area contributed by atoms with Gasteiger partial charge in [0.2, 0.25) is 0 Å². The summed E-state index contributed by atoms with van der Waals surface area (Å²) in [5.41, 5.74) is -1.73. The summed E-state index contributed by atoms with van der Waals surface area (Å²) in [6.45, 7) is 8.71. The van der Waals surface area contributed by atoms with Gasteiger partial charge in [0.15, 0.2) is 6.10 Å². The number of ether oxygens (including phenoxy) is 4. The quantitative estimate of drug-likeness (QED) is 0.489. The number of hydrogen-bond acceptors (Lipinski definition) is 8. The second-order valence-corrected chi connectivity index (χ2v) is 8.65. The van der Waals surface area contributed by atoms with Crippen molar-refractivity contribution in [1.82, 2.24) is 0 Å². The van der Waals surface area contributed by atoms with Crippen molar-refractivity contribution in [1.29, 1.82) is 0 Å². The second kappa shape index (κ2) is 9.67. The van der Waals surface area contributed by atoms with E-state index in [1.165, 1.54) is 20.1 Å². The lowest BCUT2D eigenvalue weighted by molar-refractivity contribution is -0.235. The molecule has 0 saturated carbocycles.